The van der Waals surface area contributed by atoms with Gasteiger partial charge in [-0.1, -0.05) is 0 Å². The van der Waals surface area contributed by atoms with Crippen molar-refractivity contribution in [2.45, 2.75) is 51.0 Å². The number of carbonyl (C=O) groups excluding carboxylic acids is 1. The Kier molecular flexibility index (Phi) is 4.67. The molecule has 128 valence electrons. The van der Waals surface area contributed by atoms with Crippen molar-refractivity contribution in [1.82, 2.24) is 15.5 Å². The highest BCUT2D eigenvalue weighted by molar-refractivity contribution is 7.14. The third kappa shape index (κ3) is 3.26. The van der Waals surface area contributed by atoms with Crippen molar-refractivity contribution in [2.75, 3.05) is 13.2 Å². The van der Waals surface area contributed by atoms with Crippen molar-refractivity contribution in [1.29, 1.82) is 0 Å². The Labute approximate surface area is 145 Å². The van der Waals surface area contributed by atoms with Crippen molar-refractivity contribution in [3.63, 3.8) is 0 Å². The molecule has 0 radical (unpaired) electrons. The quantitative estimate of drug-likeness (QED) is 0.875. The molecule has 0 bridgehead atoms. The highest BCUT2D eigenvalue weighted by Gasteiger charge is 2.21. The van der Waals surface area contributed by atoms with Gasteiger partial charge in [-0.2, -0.15) is 5.10 Å². The Bertz CT molecular complexity index is 716. The number of thiophene rings is 1. The van der Waals surface area contributed by atoms with Crippen molar-refractivity contribution in [3.05, 3.63) is 38.8 Å². The zero-order chi connectivity index (χ0) is 16.4. The molecule has 2 aromatic heterocycles. The van der Waals surface area contributed by atoms with Gasteiger partial charge in [-0.25, -0.2) is 0 Å². The molecule has 2 N–H and O–H groups in total. The number of aromatic nitrogens is 2. The zero-order valence-corrected chi connectivity index (χ0v) is 14.6. The number of hydrogen-bond donors (Lipinski definition) is 2. The number of ether oxygens (including phenoxy) is 1. The first-order valence-electron chi connectivity index (χ1n) is 8.86. The molecule has 4 rings (SSSR count). The molecule has 0 spiro atoms. The largest absolute Gasteiger partial charge is 0.373 e. The number of nitrogens with one attached hydrogen (secondary N) is 2. The van der Waals surface area contributed by atoms with Crippen molar-refractivity contribution in [3.8, 4) is 0 Å². The molecule has 1 aliphatic heterocycles. The highest BCUT2D eigenvalue weighted by Crippen LogP contribution is 2.33. The molecule has 24 heavy (non-hydrogen) atoms. The Hall–Kier alpha value is -1.66. The van der Waals surface area contributed by atoms with E-state index in [-0.39, 0.29) is 12.0 Å². The van der Waals surface area contributed by atoms with Crippen LogP contribution in [0.15, 0.2) is 12.1 Å². The molecule has 2 aromatic rings. The summed E-state index contributed by atoms with van der Waals surface area (Å²) in [5.41, 5.74) is 3.80. The molecule has 3 heterocycles. The zero-order valence-electron chi connectivity index (χ0n) is 13.8. The third-order valence-corrected chi connectivity index (χ3v) is 6.06. The summed E-state index contributed by atoms with van der Waals surface area (Å²) in [6.45, 7) is 1.46. The van der Waals surface area contributed by atoms with Gasteiger partial charge in [0, 0.05) is 30.1 Å². The van der Waals surface area contributed by atoms with Gasteiger partial charge in [-0.05, 0) is 56.2 Å². The van der Waals surface area contributed by atoms with E-state index in [0.717, 1.165) is 49.3 Å². The van der Waals surface area contributed by atoms with Gasteiger partial charge in [0.2, 0.25) is 0 Å². The average molecular weight is 345 g/mol. The van der Waals surface area contributed by atoms with E-state index in [2.05, 4.69) is 15.5 Å². The van der Waals surface area contributed by atoms with E-state index < -0.39 is 0 Å². The van der Waals surface area contributed by atoms with Crippen LogP contribution in [0.3, 0.4) is 0 Å². The normalized spacial score (nSPS) is 20.1. The Balaban J connectivity index is 1.31. The van der Waals surface area contributed by atoms with E-state index in [1.807, 2.05) is 12.1 Å². The first-order chi connectivity index (χ1) is 11.8. The minimum absolute atomic E-state index is 0.00801. The average Bonchev–Trinajstić information content (AvgIpc) is 3.35. The van der Waals surface area contributed by atoms with Gasteiger partial charge < -0.3 is 10.1 Å². The monoisotopic (exact) mass is 345 g/mol. The lowest BCUT2D eigenvalue weighted by Gasteiger charge is -2.11. The summed E-state index contributed by atoms with van der Waals surface area (Å²) >= 11 is 1.55. The number of amides is 1. The van der Waals surface area contributed by atoms with E-state index in [0.29, 0.717) is 6.54 Å². The van der Waals surface area contributed by atoms with Gasteiger partial charge in [0.15, 0.2) is 0 Å². The number of fused-ring (bicyclic) bond motifs is 1. The fraction of sp³-hybridized carbons (Fsp3) is 0.556. The molecular weight excluding hydrogens is 322 g/mol. The summed E-state index contributed by atoms with van der Waals surface area (Å²) < 4.78 is 5.68. The maximum absolute atomic E-state index is 12.3. The van der Waals surface area contributed by atoms with Gasteiger partial charge in [0.05, 0.1) is 16.7 Å². The van der Waals surface area contributed by atoms with E-state index in [1.54, 1.807) is 11.3 Å². The first kappa shape index (κ1) is 15.8. The van der Waals surface area contributed by atoms with Crippen LogP contribution in [0.4, 0.5) is 0 Å². The Morgan fingerprint density at radius 2 is 2.25 bits per heavy atom. The molecule has 6 heteroatoms. The summed E-state index contributed by atoms with van der Waals surface area (Å²) in [7, 11) is 0. The fourth-order valence-electron chi connectivity index (χ4n) is 3.59. The molecule has 1 aliphatic carbocycles. The van der Waals surface area contributed by atoms with Gasteiger partial charge in [-0.15, -0.1) is 11.3 Å². The molecule has 0 saturated carbocycles. The molecule has 1 fully saturated rings. The number of aryl methyl sites for hydroxylation is 1. The van der Waals surface area contributed by atoms with Crippen molar-refractivity contribution >= 4 is 17.2 Å². The molecule has 0 aromatic carbocycles. The smallest absolute Gasteiger partial charge is 0.261 e. The number of nitrogens with zero attached hydrogens (tertiary/aromatic N) is 1. The van der Waals surface area contributed by atoms with Gasteiger partial charge in [0.1, 0.15) is 0 Å². The second-order valence-electron chi connectivity index (χ2n) is 6.54. The van der Waals surface area contributed by atoms with Crippen LogP contribution in [-0.4, -0.2) is 29.3 Å². The standard InChI is InChI=1S/C18H23N3O2S/c22-18(17-8-7-16(24-17)15-6-3-11-23-15)19-10-9-14-12-4-1-2-5-13(12)20-21-14/h7-8,15H,1-6,9-11H2,(H,19,22)(H,20,21)/t15-/m0/s1. The summed E-state index contributed by atoms with van der Waals surface area (Å²) in [6.07, 6.45) is 7.86. The van der Waals surface area contributed by atoms with Crippen LogP contribution in [0, 0.1) is 0 Å². The second kappa shape index (κ2) is 7.07. The number of H-pyrrole nitrogens is 1. The predicted octanol–water partition coefficient (Wildman–Crippen LogP) is 3.17. The summed E-state index contributed by atoms with van der Waals surface area (Å²) in [5, 5.41) is 10.6. The third-order valence-electron chi connectivity index (χ3n) is 4.89. The van der Waals surface area contributed by atoms with Crippen LogP contribution in [0.1, 0.15) is 63.3 Å². The van der Waals surface area contributed by atoms with Gasteiger partial charge in [0.25, 0.3) is 5.91 Å². The van der Waals surface area contributed by atoms with Crippen LogP contribution in [0.5, 0.6) is 0 Å². The van der Waals surface area contributed by atoms with Crippen LogP contribution >= 0.6 is 11.3 Å². The summed E-state index contributed by atoms with van der Waals surface area (Å²) in [4.78, 5) is 14.3. The maximum atomic E-state index is 12.3. The van der Waals surface area contributed by atoms with E-state index >= 15 is 0 Å². The topological polar surface area (TPSA) is 67.0 Å². The van der Waals surface area contributed by atoms with E-state index in [4.69, 9.17) is 4.74 Å². The van der Waals surface area contributed by atoms with Gasteiger partial charge >= 0.3 is 0 Å². The lowest BCUT2D eigenvalue weighted by Crippen LogP contribution is -2.25. The van der Waals surface area contributed by atoms with Crippen molar-refractivity contribution < 1.29 is 9.53 Å². The second-order valence-corrected chi connectivity index (χ2v) is 7.66. The number of rotatable bonds is 5. The Morgan fingerprint density at radius 1 is 1.33 bits per heavy atom. The number of carbonyl (C=O) groups is 1. The molecule has 0 unspecified atom stereocenters. The minimum atomic E-state index is 0.00801. The van der Waals surface area contributed by atoms with E-state index in [1.165, 1.54) is 29.0 Å². The molecule has 1 amide bonds. The fourth-order valence-corrected chi connectivity index (χ4v) is 4.60. The maximum Gasteiger partial charge on any atom is 0.261 e. The lowest BCUT2D eigenvalue weighted by molar-refractivity contribution is 0.0958. The summed E-state index contributed by atoms with van der Waals surface area (Å²) in [6, 6.07) is 3.94. The molecule has 5 nitrogen and oxygen atoms in total. The molecular formula is C18H23N3O2S. The highest BCUT2D eigenvalue weighted by atomic mass is 32.1. The number of hydrogen-bond acceptors (Lipinski definition) is 4. The molecule has 1 atom stereocenters. The van der Waals surface area contributed by atoms with Crippen LogP contribution in [0.25, 0.3) is 0 Å². The van der Waals surface area contributed by atoms with Crippen LogP contribution < -0.4 is 5.32 Å². The van der Waals surface area contributed by atoms with E-state index in [9.17, 15) is 4.79 Å². The lowest BCUT2D eigenvalue weighted by atomic mass is 9.95. The van der Waals surface area contributed by atoms with Crippen LogP contribution in [0.2, 0.25) is 0 Å². The SMILES string of the molecule is O=C(NCCc1n[nH]c2c1CCCC2)c1ccc([C@@H]2CCCO2)s1. The Morgan fingerprint density at radius 3 is 3.12 bits per heavy atom. The van der Waals surface area contributed by atoms with Crippen molar-refractivity contribution in [2.24, 2.45) is 0 Å². The molecule has 2 aliphatic rings. The minimum Gasteiger partial charge on any atom is -0.373 e. The predicted molar refractivity (Wildman–Crippen MR) is 93.5 cm³/mol. The van der Waals surface area contributed by atoms with Crippen LogP contribution in [-0.2, 0) is 24.0 Å². The number of aromatic amines is 1. The first-order valence-corrected chi connectivity index (χ1v) is 9.67. The molecule has 1 saturated heterocycles. The summed E-state index contributed by atoms with van der Waals surface area (Å²) in [5.74, 6) is 0.00801. The van der Waals surface area contributed by atoms with Gasteiger partial charge in [-0.3, -0.25) is 9.89 Å².